The first-order valence-corrected chi connectivity index (χ1v) is 7.75. The third-order valence-corrected chi connectivity index (χ3v) is 5.02. The highest BCUT2D eigenvalue weighted by molar-refractivity contribution is 5.05. The van der Waals surface area contributed by atoms with E-state index in [0.29, 0.717) is 5.54 Å². The minimum atomic E-state index is 0.369. The third kappa shape index (κ3) is 2.45. The van der Waals surface area contributed by atoms with Gasteiger partial charge in [0.25, 0.3) is 0 Å². The molecular formula is C15H29N3. The van der Waals surface area contributed by atoms with Crippen LogP contribution in [0.2, 0.25) is 0 Å². The van der Waals surface area contributed by atoms with Crippen molar-refractivity contribution < 1.29 is 0 Å². The van der Waals surface area contributed by atoms with Crippen molar-refractivity contribution in [3.8, 4) is 0 Å². The van der Waals surface area contributed by atoms with E-state index in [0.717, 1.165) is 18.0 Å². The minimum Gasteiger partial charge on any atom is -0.317 e. The van der Waals surface area contributed by atoms with E-state index in [1.807, 2.05) is 0 Å². The summed E-state index contributed by atoms with van der Waals surface area (Å²) in [6.45, 7) is 13.6. The lowest BCUT2D eigenvalue weighted by Gasteiger charge is -2.62. The molecule has 4 fully saturated rings. The van der Waals surface area contributed by atoms with Crippen molar-refractivity contribution in [1.29, 1.82) is 0 Å². The number of hydrogen-bond acceptors (Lipinski definition) is 3. The quantitative estimate of drug-likeness (QED) is 0.803. The van der Waals surface area contributed by atoms with Crippen LogP contribution in [0.1, 0.15) is 40.0 Å². The minimum absolute atomic E-state index is 0.369. The molecule has 1 N–H and O–H groups in total. The average Bonchev–Trinajstić information content (AvgIpc) is 2.27. The second-order valence-corrected chi connectivity index (χ2v) is 7.53. The van der Waals surface area contributed by atoms with Crippen LogP contribution >= 0.6 is 0 Å². The number of fused-ring (bicyclic) bond motifs is 2. The van der Waals surface area contributed by atoms with E-state index in [2.05, 4.69) is 35.9 Å². The molecule has 4 aliphatic rings. The molecule has 3 nitrogen and oxygen atoms in total. The van der Waals surface area contributed by atoms with Gasteiger partial charge >= 0.3 is 0 Å². The van der Waals surface area contributed by atoms with Crippen molar-refractivity contribution in [1.82, 2.24) is 15.1 Å². The van der Waals surface area contributed by atoms with Crippen LogP contribution < -0.4 is 5.32 Å². The number of piperidine rings is 2. The van der Waals surface area contributed by atoms with Gasteiger partial charge in [-0.2, -0.15) is 0 Å². The normalized spacial score (nSPS) is 35.5. The van der Waals surface area contributed by atoms with Crippen molar-refractivity contribution in [3.05, 3.63) is 0 Å². The number of piperazine rings is 1. The smallest absolute Gasteiger partial charge is 0.0247 e. The van der Waals surface area contributed by atoms with E-state index in [4.69, 9.17) is 0 Å². The van der Waals surface area contributed by atoms with E-state index in [-0.39, 0.29) is 0 Å². The highest BCUT2D eigenvalue weighted by Crippen LogP contribution is 2.38. The monoisotopic (exact) mass is 251 g/mol. The fraction of sp³-hybridized carbons (Fsp3) is 1.00. The first kappa shape index (κ1) is 12.9. The zero-order valence-electron chi connectivity index (χ0n) is 12.3. The molecule has 0 aromatic carbocycles. The maximum absolute atomic E-state index is 3.47. The van der Waals surface area contributed by atoms with Gasteiger partial charge in [0.15, 0.2) is 0 Å². The highest BCUT2D eigenvalue weighted by Gasteiger charge is 2.48. The molecule has 2 unspecified atom stereocenters. The fourth-order valence-electron chi connectivity index (χ4n) is 4.37. The Balaban J connectivity index is 1.51. The van der Waals surface area contributed by atoms with E-state index in [1.54, 1.807) is 0 Å². The predicted molar refractivity (Wildman–Crippen MR) is 75.8 cm³/mol. The number of hydrogen-bond donors (Lipinski definition) is 1. The summed E-state index contributed by atoms with van der Waals surface area (Å²) in [4.78, 5) is 5.50. The van der Waals surface area contributed by atoms with Crippen LogP contribution in [0.4, 0.5) is 0 Å². The summed E-state index contributed by atoms with van der Waals surface area (Å²) in [5, 5.41) is 3.47. The molecule has 0 aromatic heterocycles. The Kier molecular flexibility index (Phi) is 3.41. The van der Waals surface area contributed by atoms with Crippen molar-refractivity contribution in [2.24, 2.45) is 5.92 Å². The topological polar surface area (TPSA) is 18.5 Å². The van der Waals surface area contributed by atoms with Gasteiger partial charge < -0.3 is 5.32 Å². The zero-order valence-corrected chi connectivity index (χ0v) is 12.3. The van der Waals surface area contributed by atoms with Crippen LogP contribution in [0.5, 0.6) is 0 Å². The molecule has 0 amide bonds. The summed E-state index contributed by atoms with van der Waals surface area (Å²) >= 11 is 0. The van der Waals surface area contributed by atoms with E-state index in [1.165, 1.54) is 52.0 Å². The Bertz CT molecular complexity index is 279. The Morgan fingerprint density at radius 1 is 1.06 bits per heavy atom. The summed E-state index contributed by atoms with van der Waals surface area (Å²) in [7, 11) is 0. The number of nitrogens with one attached hydrogen (secondary N) is 1. The number of rotatable bonds is 2. The molecule has 0 saturated carbocycles. The molecule has 4 aliphatic heterocycles. The summed E-state index contributed by atoms with van der Waals surface area (Å²) in [5.41, 5.74) is 0.369. The molecule has 0 spiro atoms. The number of nitrogens with zero attached hydrogens (tertiary/aromatic N) is 2. The maximum Gasteiger partial charge on any atom is 0.0247 e. The van der Waals surface area contributed by atoms with Crippen LogP contribution in [-0.4, -0.2) is 60.1 Å². The van der Waals surface area contributed by atoms with Gasteiger partial charge in [0.05, 0.1) is 0 Å². The van der Waals surface area contributed by atoms with Gasteiger partial charge in [0.1, 0.15) is 0 Å². The van der Waals surface area contributed by atoms with Gasteiger partial charge in [-0.1, -0.05) is 0 Å². The van der Waals surface area contributed by atoms with Gasteiger partial charge in [-0.15, -0.1) is 0 Å². The molecule has 4 saturated heterocycles. The Labute approximate surface area is 112 Å². The van der Waals surface area contributed by atoms with Gasteiger partial charge in [0.2, 0.25) is 0 Å². The molecule has 4 heterocycles. The van der Waals surface area contributed by atoms with Crippen molar-refractivity contribution in [3.63, 3.8) is 0 Å². The van der Waals surface area contributed by atoms with Crippen LogP contribution in [0.3, 0.4) is 0 Å². The summed E-state index contributed by atoms with van der Waals surface area (Å²) in [5.74, 6) is 0.951. The first-order chi connectivity index (χ1) is 8.54. The lowest BCUT2D eigenvalue weighted by Crippen LogP contribution is -2.73. The second-order valence-electron chi connectivity index (χ2n) is 7.53. The standard InChI is InChI=1S/C15H29N3/c1-15(2,3)18-13-8-14(18)11-17(10-13)9-12-4-6-16-7-5-12/h12-14,16H,4-11H2,1-3H3. The lowest BCUT2D eigenvalue weighted by molar-refractivity contribution is -0.122. The second kappa shape index (κ2) is 4.77. The maximum atomic E-state index is 3.47. The van der Waals surface area contributed by atoms with Gasteiger partial charge in [-0.25, -0.2) is 0 Å². The zero-order chi connectivity index (χ0) is 12.8. The summed E-state index contributed by atoms with van der Waals surface area (Å²) in [6, 6.07) is 1.68. The Morgan fingerprint density at radius 2 is 1.67 bits per heavy atom. The van der Waals surface area contributed by atoms with Crippen LogP contribution in [0.15, 0.2) is 0 Å². The van der Waals surface area contributed by atoms with Gasteiger partial charge in [-0.3, -0.25) is 9.80 Å². The molecule has 0 radical (unpaired) electrons. The largest absolute Gasteiger partial charge is 0.317 e. The van der Waals surface area contributed by atoms with Crippen LogP contribution in [0.25, 0.3) is 0 Å². The predicted octanol–water partition coefficient (Wildman–Crippen LogP) is 1.54. The van der Waals surface area contributed by atoms with Crippen molar-refractivity contribution >= 4 is 0 Å². The van der Waals surface area contributed by atoms with E-state index < -0.39 is 0 Å². The van der Waals surface area contributed by atoms with Crippen LogP contribution in [-0.2, 0) is 0 Å². The van der Waals surface area contributed by atoms with Gasteiger partial charge in [-0.05, 0) is 59.0 Å². The highest BCUT2D eigenvalue weighted by atomic mass is 15.4. The first-order valence-electron chi connectivity index (χ1n) is 7.75. The molecule has 0 aromatic rings. The SMILES string of the molecule is CC(C)(C)N1C2CC1CN(CC1CCNCC1)C2. The Morgan fingerprint density at radius 3 is 2.22 bits per heavy atom. The molecule has 2 atom stereocenters. The van der Waals surface area contributed by atoms with Gasteiger partial charge in [0, 0.05) is 37.3 Å². The summed E-state index contributed by atoms with van der Waals surface area (Å²) < 4.78 is 0. The third-order valence-electron chi connectivity index (χ3n) is 5.02. The molecule has 3 heteroatoms. The molecule has 0 aliphatic carbocycles. The molecule has 104 valence electrons. The fourth-order valence-corrected chi connectivity index (χ4v) is 4.37. The lowest BCUT2D eigenvalue weighted by atomic mass is 9.81. The summed E-state index contributed by atoms with van der Waals surface area (Å²) in [6.07, 6.45) is 4.21. The Hall–Kier alpha value is -0.120. The van der Waals surface area contributed by atoms with Crippen molar-refractivity contribution in [2.45, 2.75) is 57.7 Å². The molecular weight excluding hydrogens is 222 g/mol. The molecule has 4 rings (SSSR count). The van der Waals surface area contributed by atoms with Crippen LogP contribution in [0, 0.1) is 5.92 Å². The molecule has 18 heavy (non-hydrogen) atoms. The molecule has 2 bridgehead atoms. The van der Waals surface area contributed by atoms with Crippen molar-refractivity contribution in [2.75, 3.05) is 32.7 Å². The van der Waals surface area contributed by atoms with E-state index >= 15 is 0 Å². The average molecular weight is 251 g/mol. The van der Waals surface area contributed by atoms with E-state index in [9.17, 15) is 0 Å².